The van der Waals surface area contributed by atoms with Crippen molar-refractivity contribution in [3.63, 3.8) is 0 Å². The Morgan fingerprint density at radius 2 is 1.91 bits per heavy atom. The molecule has 2 heteroatoms. The van der Waals surface area contributed by atoms with Gasteiger partial charge in [0, 0.05) is 18.9 Å². The van der Waals surface area contributed by atoms with Crippen molar-refractivity contribution in [1.29, 1.82) is 0 Å². The quantitative estimate of drug-likeness (QED) is 0.676. The fraction of sp³-hybridized carbons (Fsp3) is 0.350. The second kappa shape index (κ2) is 4.22. The van der Waals surface area contributed by atoms with Gasteiger partial charge in [-0.3, -0.25) is 4.79 Å². The largest absolute Gasteiger partial charge is 0.335 e. The Kier molecular flexibility index (Phi) is 2.39. The standard InChI is InChI=1S/C20H19NO/c22-19-7-10-20-9-3-6-18(20)17-13-15-5-2-1-4-14(15)12-16(17)8-11-21(19)20/h1-6,12-13,18H,7-11H2/t18-,20+/m0/s1. The highest BCUT2D eigenvalue weighted by Crippen LogP contribution is 2.51. The molecule has 1 fully saturated rings. The maximum absolute atomic E-state index is 12.4. The van der Waals surface area contributed by atoms with Crippen molar-refractivity contribution in [2.75, 3.05) is 6.54 Å². The first-order valence-corrected chi connectivity index (χ1v) is 8.27. The van der Waals surface area contributed by atoms with Gasteiger partial charge in [0.2, 0.25) is 5.91 Å². The molecule has 0 saturated carbocycles. The van der Waals surface area contributed by atoms with Gasteiger partial charge in [-0.2, -0.15) is 0 Å². The van der Waals surface area contributed by atoms with E-state index in [4.69, 9.17) is 0 Å². The number of hydrogen-bond donors (Lipinski definition) is 0. The first-order chi connectivity index (χ1) is 10.8. The summed E-state index contributed by atoms with van der Waals surface area (Å²) in [6, 6.07) is 13.3. The Labute approximate surface area is 130 Å². The Bertz CT molecular complexity index is 822. The topological polar surface area (TPSA) is 20.3 Å². The van der Waals surface area contributed by atoms with E-state index in [0.29, 0.717) is 11.8 Å². The molecule has 2 nitrogen and oxygen atoms in total. The molecule has 3 aliphatic rings. The molecular formula is C20H19NO. The van der Waals surface area contributed by atoms with Crippen LogP contribution in [0.1, 0.15) is 36.3 Å². The average molecular weight is 289 g/mol. The van der Waals surface area contributed by atoms with Crippen LogP contribution in [-0.4, -0.2) is 22.9 Å². The van der Waals surface area contributed by atoms with E-state index in [2.05, 4.69) is 53.5 Å². The summed E-state index contributed by atoms with van der Waals surface area (Å²) in [5.74, 6) is 0.729. The Hall–Kier alpha value is -2.09. The molecule has 22 heavy (non-hydrogen) atoms. The van der Waals surface area contributed by atoms with Gasteiger partial charge in [0.15, 0.2) is 0 Å². The third-order valence-electron chi connectivity index (χ3n) is 5.94. The van der Waals surface area contributed by atoms with E-state index in [1.807, 2.05) is 0 Å². The van der Waals surface area contributed by atoms with Crippen molar-refractivity contribution >= 4 is 16.7 Å². The molecule has 2 aliphatic heterocycles. The van der Waals surface area contributed by atoms with E-state index in [1.165, 1.54) is 21.9 Å². The molecule has 0 aromatic heterocycles. The lowest BCUT2D eigenvalue weighted by Gasteiger charge is -2.39. The Morgan fingerprint density at radius 1 is 1.09 bits per heavy atom. The van der Waals surface area contributed by atoms with Gasteiger partial charge < -0.3 is 4.90 Å². The normalized spacial score (nSPS) is 29.4. The number of carbonyl (C=O) groups excluding carboxylic acids is 1. The van der Waals surface area contributed by atoms with Crippen molar-refractivity contribution in [3.05, 3.63) is 59.7 Å². The molecule has 2 atom stereocenters. The summed E-state index contributed by atoms with van der Waals surface area (Å²) in [5, 5.41) is 2.63. The highest BCUT2D eigenvalue weighted by atomic mass is 16.2. The summed E-state index contributed by atoms with van der Waals surface area (Å²) in [4.78, 5) is 14.6. The number of hydrogen-bond acceptors (Lipinski definition) is 1. The van der Waals surface area contributed by atoms with Crippen molar-refractivity contribution in [3.8, 4) is 0 Å². The minimum absolute atomic E-state index is 0.0325. The number of nitrogens with zero attached hydrogens (tertiary/aromatic N) is 1. The van der Waals surface area contributed by atoms with E-state index in [0.717, 1.165) is 32.2 Å². The predicted octanol–water partition coefficient (Wildman–Crippen LogP) is 3.80. The molecule has 1 saturated heterocycles. The van der Waals surface area contributed by atoms with E-state index in [-0.39, 0.29) is 5.54 Å². The molecule has 110 valence electrons. The number of benzene rings is 2. The number of fused-ring (bicyclic) bond motifs is 3. The Morgan fingerprint density at radius 3 is 2.77 bits per heavy atom. The maximum Gasteiger partial charge on any atom is 0.223 e. The minimum atomic E-state index is 0.0325. The number of rotatable bonds is 0. The second-order valence-corrected chi connectivity index (χ2v) is 6.91. The van der Waals surface area contributed by atoms with Crippen LogP contribution >= 0.6 is 0 Å². The van der Waals surface area contributed by atoms with Crippen molar-refractivity contribution in [2.24, 2.45) is 0 Å². The SMILES string of the molecule is O=C1CC[C@]23CC=C[C@H]2c2cc4ccccc4cc2CCN13. The summed E-state index contributed by atoms with van der Waals surface area (Å²) in [6.07, 6.45) is 8.38. The molecule has 1 amide bonds. The molecule has 2 aromatic rings. The fourth-order valence-corrected chi connectivity index (χ4v) is 4.88. The monoisotopic (exact) mass is 289 g/mol. The third-order valence-corrected chi connectivity index (χ3v) is 5.94. The first kappa shape index (κ1) is 12.5. The molecule has 2 aromatic carbocycles. The van der Waals surface area contributed by atoms with Crippen LogP contribution in [0.25, 0.3) is 10.8 Å². The average Bonchev–Trinajstić information content (AvgIpc) is 3.07. The van der Waals surface area contributed by atoms with E-state index >= 15 is 0 Å². The summed E-state index contributed by atoms with van der Waals surface area (Å²) in [7, 11) is 0. The van der Waals surface area contributed by atoms with Crippen molar-refractivity contribution in [2.45, 2.75) is 37.1 Å². The van der Waals surface area contributed by atoms with Gasteiger partial charge in [-0.05, 0) is 41.2 Å². The Balaban J connectivity index is 1.75. The zero-order valence-corrected chi connectivity index (χ0v) is 12.6. The highest BCUT2D eigenvalue weighted by molar-refractivity contribution is 5.85. The molecule has 1 aliphatic carbocycles. The lowest BCUT2D eigenvalue weighted by atomic mass is 9.78. The summed E-state index contributed by atoms with van der Waals surface area (Å²) in [6.45, 7) is 0.877. The molecule has 0 bridgehead atoms. The van der Waals surface area contributed by atoms with Gasteiger partial charge in [0.25, 0.3) is 0 Å². The molecule has 2 heterocycles. The first-order valence-electron chi connectivity index (χ1n) is 8.27. The number of amides is 1. The minimum Gasteiger partial charge on any atom is -0.335 e. The number of carbonyl (C=O) groups is 1. The van der Waals surface area contributed by atoms with Crippen molar-refractivity contribution < 1.29 is 4.79 Å². The van der Waals surface area contributed by atoms with E-state index in [1.54, 1.807) is 0 Å². The second-order valence-electron chi connectivity index (χ2n) is 6.91. The van der Waals surface area contributed by atoms with Crippen LogP contribution < -0.4 is 0 Å². The zero-order valence-electron chi connectivity index (χ0n) is 12.6. The highest BCUT2D eigenvalue weighted by Gasteiger charge is 2.52. The van der Waals surface area contributed by atoms with Gasteiger partial charge in [0.1, 0.15) is 0 Å². The summed E-state index contributed by atoms with van der Waals surface area (Å²) in [5.41, 5.74) is 2.91. The third kappa shape index (κ3) is 1.48. The van der Waals surface area contributed by atoms with Crippen LogP contribution in [-0.2, 0) is 11.2 Å². The van der Waals surface area contributed by atoms with Gasteiger partial charge in [-0.1, -0.05) is 48.6 Å². The summed E-state index contributed by atoms with van der Waals surface area (Å²) >= 11 is 0. The van der Waals surface area contributed by atoms with Gasteiger partial charge in [-0.25, -0.2) is 0 Å². The van der Waals surface area contributed by atoms with Gasteiger partial charge in [0.05, 0.1) is 5.54 Å². The van der Waals surface area contributed by atoms with E-state index in [9.17, 15) is 4.79 Å². The summed E-state index contributed by atoms with van der Waals surface area (Å²) < 4.78 is 0. The van der Waals surface area contributed by atoms with Gasteiger partial charge in [-0.15, -0.1) is 0 Å². The maximum atomic E-state index is 12.4. The zero-order chi connectivity index (χ0) is 14.7. The lowest BCUT2D eigenvalue weighted by Crippen LogP contribution is -2.47. The molecular weight excluding hydrogens is 270 g/mol. The van der Waals surface area contributed by atoms with Crippen LogP contribution in [0.15, 0.2) is 48.6 Å². The fourth-order valence-electron chi connectivity index (χ4n) is 4.88. The van der Waals surface area contributed by atoms with Gasteiger partial charge >= 0.3 is 0 Å². The molecule has 0 N–H and O–H groups in total. The predicted molar refractivity (Wildman–Crippen MR) is 87.8 cm³/mol. The molecule has 5 rings (SSSR count). The van der Waals surface area contributed by atoms with E-state index < -0.39 is 0 Å². The molecule has 1 spiro atoms. The smallest absolute Gasteiger partial charge is 0.223 e. The van der Waals surface area contributed by atoms with Crippen LogP contribution in [0.4, 0.5) is 0 Å². The molecule has 0 unspecified atom stereocenters. The van der Waals surface area contributed by atoms with Crippen LogP contribution in [0.2, 0.25) is 0 Å². The van der Waals surface area contributed by atoms with Crippen LogP contribution in [0.5, 0.6) is 0 Å². The lowest BCUT2D eigenvalue weighted by molar-refractivity contribution is -0.131. The van der Waals surface area contributed by atoms with Crippen LogP contribution in [0.3, 0.4) is 0 Å². The van der Waals surface area contributed by atoms with Crippen LogP contribution in [0, 0.1) is 0 Å². The van der Waals surface area contributed by atoms with Crippen molar-refractivity contribution in [1.82, 2.24) is 4.90 Å². The molecule has 0 radical (unpaired) electrons.